The van der Waals surface area contributed by atoms with E-state index in [1.807, 2.05) is 36.7 Å². The van der Waals surface area contributed by atoms with E-state index in [2.05, 4.69) is 15.0 Å². The summed E-state index contributed by atoms with van der Waals surface area (Å²) >= 11 is 0. The summed E-state index contributed by atoms with van der Waals surface area (Å²) in [6, 6.07) is 8.33. The van der Waals surface area contributed by atoms with Crippen LogP contribution in [-0.4, -0.2) is 49.8 Å². The number of nitrogens with zero attached hydrogens (tertiary/aromatic N) is 5. The molecule has 0 aliphatic carbocycles. The molecule has 5 N–H and O–H groups in total. The fraction of sp³-hybridized carbons (Fsp3) is 0.371. The van der Waals surface area contributed by atoms with Crippen molar-refractivity contribution in [3.8, 4) is 16.9 Å². The number of carbonyl (C=O) groups excluding carboxylic acids is 1. The van der Waals surface area contributed by atoms with Crippen molar-refractivity contribution in [2.45, 2.75) is 71.3 Å². The number of nitrogens with two attached hydrogens (primary N) is 2. The number of rotatable bonds is 11. The number of anilines is 1. The molecule has 50 heavy (non-hydrogen) atoms. The van der Waals surface area contributed by atoms with Crippen molar-refractivity contribution >= 4 is 35.2 Å². The van der Waals surface area contributed by atoms with Crippen LogP contribution in [0.1, 0.15) is 60.2 Å². The molecular formula is C35H39ClF4N8O2. The summed E-state index contributed by atoms with van der Waals surface area (Å²) < 4.78 is 63.7. The number of nitrogens with one attached hydrogen (secondary N) is 1. The minimum atomic E-state index is -4.56. The number of ether oxygens (including phenoxy) is 1. The second kappa shape index (κ2) is 15.2. The average molecular weight is 715 g/mol. The van der Waals surface area contributed by atoms with E-state index in [9.17, 15) is 18.0 Å². The molecular weight excluding hydrogens is 676 g/mol. The number of esters is 1. The van der Waals surface area contributed by atoms with Gasteiger partial charge in [0.2, 0.25) is 5.95 Å². The third kappa shape index (κ3) is 7.05. The molecule has 5 aromatic rings. The average Bonchev–Trinajstić information content (AvgIpc) is 3.74. The first-order chi connectivity index (χ1) is 23.5. The van der Waals surface area contributed by atoms with Crippen LogP contribution >= 0.6 is 12.4 Å². The third-order valence-corrected chi connectivity index (χ3v) is 8.97. The number of H-pyrrole nitrogens is 1. The highest BCUT2D eigenvalue weighted by atomic mass is 35.5. The van der Waals surface area contributed by atoms with Crippen LogP contribution in [0.5, 0.6) is 0 Å². The lowest BCUT2D eigenvalue weighted by Gasteiger charge is -2.27. The number of aromatic amines is 1. The molecule has 3 aromatic heterocycles. The van der Waals surface area contributed by atoms with Crippen molar-refractivity contribution < 1.29 is 27.1 Å². The largest absolute Gasteiger partial charge is 0.460 e. The second-order valence-corrected chi connectivity index (χ2v) is 12.1. The molecule has 0 bridgehead atoms. The van der Waals surface area contributed by atoms with E-state index in [1.54, 1.807) is 17.2 Å². The maximum Gasteiger partial charge on any atom is 0.419 e. The smallest absolute Gasteiger partial charge is 0.419 e. The predicted molar refractivity (Wildman–Crippen MR) is 185 cm³/mol. The highest BCUT2D eigenvalue weighted by Gasteiger charge is 2.34. The van der Waals surface area contributed by atoms with Gasteiger partial charge in [-0.15, -0.1) is 12.4 Å². The van der Waals surface area contributed by atoms with Gasteiger partial charge in [-0.1, -0.05) is 32.0 Å². The van der Waals surface area contributed by atoms with E-state index in [-0.39, 0.29) is 31.5 Å². The number of carbonyl (C=O) groups is 1. The number of aryl methyl sites for hydroxylation is 2. The second-order valence-electron chi connectivity index (χ2n) is 12.1. The van der Waals surface area contributed by atoms with Gasteiger partial charge < -0.3 is 26.1 Å². The molecule has 1 aliphatic rings. The number of alkyl halides is 3. The first-order valence-corrected chi connectivity index (χ1v) is 16.3. The summed E-state index contributed by atoms with van der Waals surface area (Å²) in [5, 5.41) is 5.63. The van der Waals surface area contributed by atoms with E-state index in [0.29, 0.717) is 78.5 Å². The Morgan fingerprint density at radius 2 is 1.80 bits per heavy atom. The number of benzene rings is 2. The SMILES string of the molecule is CCc1cccc(CC)c1-n1nc2c(c1-c1c(F)cc(COC(=O)[C@@H](N)CCCN)c3[nH]ccc13)CN(c1ncc(C(F)(F)F)cn1)CC2.Cl. The Bertz CT molecular complexity index is 1950. The first kappa shape index (κ1) is 36.7. The van der Waals surface area contributed by atoms with Crippen LogP contribution < -0.4 is 16.4 Å². The molecule has 0 fully saturated rings. The van der Waals surface area contributed by atoms with Gasteiger partial charge in [-0.25, -0.2) is 19.0 Å². The minimum Gasteiger partial charge on any atom is -0.460 e. The van der Waals surface area contributed by atoms with E-state index in [1.165, 1.54) is 6.07 Å². The van der Waals surface area contributed by atoms with Crippen molar-refractivity contribution in [1.82, 2.24) is 24.7 Å². The first-order valence-electron chi connectivity index (χ1n) is 16.3. The van der Waals surface area contributed by atoms with Crippen LogP contribution in [0.15, 0.2) is 48.9 Å². The van der Waals surface area contributed by atoms with Crippen LogP contribution in [0, 0.1) is 5.82 Å². The minimum absolute atomic E-state index is 0. The van der Waals surface area contributed by atoms with Crippen LogP contribution in [0.4, 0.5) is 23.5 Å². The third-order valence-electron chi connectivity index (χ3n) is 8.97. The molecule has 0 saturated heterocycles. The molecule has 0 unspecified atom stereocenters. The Hall–Kier alpha value is -4.53. The summed E-state index contributed by atoms with van der Waals surface area (Å²) in [6.45, 7) is 4.90. The predicted octanol–water partition coefficient (Wildman–Crippen LogP) is 6.19. The molecule has 266 valence electrons. The monoisotopic (exact) mass is 714 g/mol. The molecule has 0 saturated carbocycles. The van der Waals surface area contributed by atoms with Crippen molar-refractivity contribution in [3.05, 3.63) is 88.3 Å². The molecule has 1 atom stereocenters. The topological polar surface area (TPSA) is 141 Å². The fourth-order valence-corrected chi connectivity index (χ4v) is 6.42. The highest BCUT2D eigenvalue weighted by Crippen LogP contribution is 2.41. The molecule has 2 aromatic carbocycles. The number of para-hydroxylation sites is 1. The van der Waals surface area contributed by atoms with Gasteiger partial charge in [-0.05, 0) is 55.5 Å². The molecule has 1 aliphatic heterocycles. The maximum atomic E-state index is 16.7. The number of halogens is 5. The van der Waals surface area contributed by atoms with Crippen molar-refractivity contribution in [2.24, 2.45) is 11.5 Å². The molecule has 0 amide bonds. The fourth-order valence-electron chi connectivity index (χ4n) is 6.42. The number of fused-ring (bicyclic) bond motifs is 2. The van der Waals surface area contributed by atoms with Crippen LogP contribution in [0.3, 0.4) is 0 Å². The summed E-state index contributed by atoms with van der Waals surface area (Å²) in [5.74, 6) is -1.02. The lowest BCUT2D eigenvalue weighted by atomic mass is 9.95. The Labute approximate surface area is 292 Å². The zero-order valence-corrected chi connectivity index (χ0v) is 28.5. The Kier molecular flexibility index (Phi) is 11.1. The van der Waals surface area contributed by atoms with Crippen molar-refractivity contribution in [1.29, 1.82) is 0 Å². The highest BCUT2D eigenvalue weighted by molar-refractivity contribution is 5.98. The summed E-state index contributed by atoms with van der Waals surface area (Å²) in [7, 11) is 0. The number of hydrogen-bond donors (Lipinski definition) is 3. The Balaban J connectivity index is 0.00000486. The standard InChI is InChI=1S/C35H38F4N8O2.ClH/c1-3-20-7-5-8-21(4-2)31(20)47-32(25-18-46(14-11-28(25)45-47)34-43-16-23(17-44-34)35(37,38)39)29-24-10-13-42-30(24)22(15-26(29)36)19-49-33(48)27(41)9-6-12-40;/h5,7-8,10,13,15-17,27,42H,3-4,6,9,11-12,14,18-19,40-41H2,1-2H3;1H/t27-;/m0./s1. The van der Waals surface area contributed by atoms with Gasteiger partial charge in [0.15, 0.2) is 0 Å². The summed E-state index contributed by atoms with van der Waals surface area (Å²) in [4.78, 5) is 25.6. The molecule has 0 spiro atoms. The van der Waals surface area contributed by atoms with Gasteiger partial charge in [-0.2, -0.15) is 18.3 Å². The number of hydrogen-bond acceptors (Lipinski definition) is 8. The van der Waals surface area contributed by atoms with E-state index in [4.69, 9.17) is 21.3 Å². The van der Waals surface area contributed by atoms with E-state index >= 15 is 4.39 Å². The van der Waals surface area contributed by atoms with Crippen molar-refractivity contribution in [2.75, 3.05) is 18.0 Å². The van der Waals surface area contributed by atoms with E-state index in [0.717, 1.165) is 34.9 Å². The van der Waals surface area contributed by atoms with Crippen LogP contribution in [-0.2, 0) is 48.1 Å². The van der Waals surface area contributed by atoms with Gasteiger partial charge in [0, 0.05) is 60.2 Å². The molecule has 6 rings (SSSR count). The van der Waals surface area contributed by atoms with E-state index < -0.39 is 29.6 Å². The van der Waals surface area contributed by atoms with Gasteiger partial charge >= 0.3 is 12.1 Å². The van der Waals surface area contributed by atoms with Crippen LogP contribution in [0.25, 0.3) is 27.8 Å². The molecule has 10 nitrogen and oxygen atoms in total. The van der Waals surface area contributed by atoms with Gasteiger partial charge in [-0.3, -0.25) is 4.79 Å². The van der Waals surface area contributed by atoms with Crippen molar-refractivity contribution in [3.63, 3.8) is 0 Å². The number of aromatic nitrogens is 5. The maximum absolute atomic E-state index is 16.7. The Morgan fingerprint density at radius 3 is 2.44 bits per heavy atom. The molecule has 4 heterocycles. The zero-order valence-electron chi connectivity index (χ0n) is 27.7. The zero-order chi connectivity index (χ0) is 34.9. The lowest BCUT2D eigenvalue weighted by molar-refractivity contribution is -0.146. The quantitative estimate of drug-likeness (QED) is 0.109. The normalized spacial score (nSPS) is 13.6. The van der Waals surface area contributed by atoms with Gasteiger partial charge in [0.1, 0.15) is 18.5 Å². The molecule has 0 radical (unpaired) electrons. The summed E-state index contributed by atoms with van der Waals surface area (Å²) in [6.07, 6.45) is 1.47. The summed E-state index contributed by atoms with van der Waals surface area (Å²) in [5.41, 5.74) is 16.8. The van der Waals surface area contributed by atoms with Gasteiger partial charge in [0.05, 0.1) is 28.2 Å². The lowest BCUT2D eigenvalue weighted by Crippen LogP contribution is -2.32. The van der Waals surface area contributed by atoms with Gasteiger partial charge in [0.25, 0.3) is 0 Å². The van der Waals surface area contributed by atoms with Crippen LogP contribution in [0.2, 0.25) is 0 Å². The Morgan fingerprint density at radius 1 is 1.10 bits per heavy atom. The molecule has 15 heteroatoms.